The van der Waals surface area contributed by atoms with Crippen molar-refractivity contribution in [3.8, 4) is 0 Å². The number of aliphatic imine (C=N–C) groups is 1. The number of likely N-dealkylation sites (N-methyl/N-ethyl adjacent to an activating group) is 1. The summed E-state index contributed by atoms with van der Waals surface area (Å²) in [5.41, 5.74) is 0. The number of thioether (sulfide) groups is 1. The van der Waals surface area contributed by atoms with Gasteiger partial charge in [0, 0.05) is 50.8 Å². The highest BCUT2D eigenvalue weighted by Gasteiger charge is 2.24. The van der Waals surface area contributed by atoms with E-state index in [2.05, 4.69) is 54.7 Å². The number of hydrogen-bond acceptors (Lipinski definition) is 4. The van der Waals surface area contributed by atoms with Gasteiger partial charge in [-0.2, -0.15) is 11.8 Å². The Hall–Kier alpha value is 0.270. The van der Waals surface area contributed by atoms with Crippen LogP contribution in [0.5, 0.6) is 0 Å². The summed E-state index contributed by atoms with van der Waals surface area (Å²) < 4.78 is 5.11. The first-order valence-electron chi connectivity index (χ1n) is 8.40. The first-order chi connectivity index (χ1) is 10.6. The lowest BCUT2D eigenvalue weighted by Gasteiger charge is -2.36. The van der Waals surface area contributed by atoms with Crippen LogP contribution in [0.3, 0.4) is 0 Å². The van der Waals surface area contributed by atoms with Crippen molar-refractivity contribution in [2.45, 2.75) is 26.0 Å². The van der Waals surface area contributed by atoms with Crippen molar-refractivity contribution in [1.82, 2.24) is 15.1 Å². The Labute approximate surface area is 164 Å². The summed E-state index contributed by atoms with van der Waals surface area (Å²) in [5, 5.41) is 4.16. The van der Waals surface area contributed by atoms with E-state index in [9.17, 15) is 0 Å². The molecule has 0 radical (unpaired) electrons. The minimum atomic E-state index is 0. The zero-order chi connectivity index (χ0) is 16.4. The summed E-state index contributed by atoms with van der Waals surface area (Å²) in [7, 11) is 3.86. The molecule has 0 amide bonds. The number of methoxy groups -OCH3 is 1. The number of nitrogens with zero attached hydrogens (tertiary/aromatic N) is 3. The normalized spacial score (nSPS) is 19.2. The first-order valence-corrected chi connectivity index (χ1v) is 9.45. The number of hydrogen-bond donors (Lipinski definition) is 1. The van der Waals surface area contributed by atoms with Crippen LogP contribution in [0.2, 0.25) is 0 Å². The smallest absolute Gasteiger partial charge is 0.194 e. The van der Waals surface area contributed by atoms with Crippen molar-refractivity contribution in [1.29, 1.82) is 0 Å². The summed E-state index contributed by atoms with van der Waals surface area (Å²) in [6.07, 6.45) is 0. The van der Waals surface area contributed by atoms with Gasteiger partial charge in [-0.1, -0.05) is 13.8 Å². The van der Waals surface area contributed by atoms with E-state index in [1.54, 1.807) is 7.11 Å². The molecule has 1 saturated heterocycles. The standard InChI is InChI=1S/C16H34N4OS.HI/c1-6-17-16(18-7-8-19(4)9-11-21-5)20-10-12-22-15(13-20)14(2)3;/h14-15H,6-13H2,1-5H3,(H,17,18);1H. The van der Waals surface area contributed by atoms with Crippen LogP contribution in [0, 0.1) is 5.92 Å². The Morgan fingerprint density at radius 2 is 2.17 bits per heavy atom. The average Bonchev–Trinajstić information content (AvgIpc) is 2.52. The van der Waals surface area contributed by atoms with E-state index in [0.29, 0.717) is 5.25 Å². The minimum Gasteiger partial charge on any atom is -0.383 e. The van der Waals surface area contributed by atoms with Crippen molar-refractivity contribution in [3.05, 3.63) is 0 Å². The molecule has 0 aromatic rings. The maximum Gasteiger partial charge on any atom is 0.194 e. The van der Waals surface area contributed by atoms with Gasteiger partial charge in [-0.05, 0) is 19.9 Å². The zero-order valence-electron chi connectivity index (χ0n) is 15.4. The lowest BCUT2D eigenvalue weighted by atomic mass is 10.1. The van der Waals surface area contributed by atoms with Gasteiger partial charge in [0.1, 0.15) is 0 Å². The molecule has 23 heavy (non-hydrogen) atoms. The van der Waals surface area contributed by atoms with E-state index >= 15 is 0 Å². The second kappa shape index (κ2) is 13.5. The van der Waals surface area contributed by atoms with Crippen LogP contribution < -0.4 is 5.32 Å². The van der Waals surface area contributed by atoms with Gasteiger partial charge >= 0.3 is 0 Å². The van der Waals surface area contributed by atoms with Gasteiger partial charge in [0.05, 0.1) is 13.2 Å². The lowest BCUT2D eigenvalue weighted by molar-refractivity contribution is 0.163. The van der Waals surface area contributed by atoms with Gasteiger partial charge in [-0.3, -0.25) is 4.99 Å². The maximum atomic E-state index is 5.11. The SMILES string of the molecule is CCNC(=NCCN(C)CCOC)N1CCSC(C(C)C)C1.I. The van der Waals surface area contributed by atoms with E-state index in [0.717, 1.165) is 57.8 Å². The number of halogens is 1. The Balaban J connectivity index is 0.00000484. The topological polar surface area (TPSA) is 40.1 Å². The van der Waals surface area contributed by atoms with Crippen LogP contribution in [0.4, 0.5) is 0 Å². The second-order valence-corrected chi connectivity index (χ2v) is 7.48. The molecule has 1 rings (SSSR count). The lowest BCUT2D eigenvalue weighted by Crippen LogP contribution is -2.49. The first kappa shape index (κ1) is 23.3. The van der Waals surface area contributed by atoms with Crippen LogP contribution in [0.1, 0.15) is 20.8 Å². The predicted molar refractivity (Wildman–Crippen MR) is 113 cm³/mol. The van der Waals surface area contributed by atoms with E-state index in [1.165, 1.54) is 5.75 Å². The molecule has 0 aliphatic carbocycles. The van der Waals surface area contributed by atoms with Gasteiger partial charge in [0.25, 0.3) is 0 Å². The molecule has 1 fully saturated rings. The summed E-state index contributed by atoms with van der Waals surface area (Å²) in [6.45, 7) is 13.4. The third-order valence-corrected chi connectivity index (χ3v) is 5.43. The van der Waals surface area contributed by atoms with Crippen molar-refractivity contribution in [2.75, 3.05) is 65.8 Å². The summed E-state index contributed by atoms with van der Waals surface area (Å²) in [6, 6.07) is 0. The highest BCUT2D eigenvalue weighted by molar-refractivity contribution is 14.0. The van der Waals surface area contributed by atoms with Crippen molar-refractivity contribution in [2.24, 2.45) is 10.9 Å². The third kappa shape index (κ3) is 9.36. The fourth-order valence-electron chi connectivity index (χ4n) is 2.38. The molecule has 138 valence electrons. The molecule has 1 atom stereocenters. The highest BCUT2D eigenvalue weighted by atomic mass is 127. The Kier molecular flexibility index (Phi) is 13.7. The van der Waals surface area contributed by atoms with Gasteiger partial charge in [-0.25, -0.2) is 0 Å². The molecule has 0 aromatic heterocycles. The van der Waals surface area contributed by atoms with Gasteiger partial charge in [0.15, 0.2) is 5.96 Å². The predicted octanol–water partition coefficient (Wildman–Crippen LogP) is 2.22. The van der Waals surface area contributed by atoms with Crippen molar-refractivity contribution >= 4 is 41.7 Å². The molecule has 1 aliphatic heterocycles. The van der Waals surface area contributed by atoms with Crippen LogP contribution in [0.25, 0.3) is 0 Å². The van der Waals surface area contributed by atoms with Crippen LogP contribution in [-0.4, -0.2) is 86.8 Å². The van der Waals surface area contributed by atoms with Crippen molar-refractivity contribution < 1.29 is 4.74 Å². The van der Waals surface area contributed by atoms with E-state index in [1.807, 2.05) is 0 Å². The van der Waals surface area contributed by atoms with Crippen LogP contribution in [-0.2, 0) is 4.74 Å². The number of nitrogens with one attached hydrogen (secondary N) is 1. The summed E-state index contributed by atoms with van der Waals surface area (Å²) in [4.78, 5) is 9.51. The quantitative estimate of drug-likeness (QED) is 0.343. The summed E-state index contributed by atoms with van der Waals surface area (Å²) >= 11 is 2.10. The maximum absolute atomic E-state index is 5.11. The van der Waals surface area contributed by atoms with Gasteiger partial charge < -0.3 is 19.9 Å². The Morgan fingerprint density at radius 3 is 2.78 bits per heavy atom. The minimum absolute atomic E-state index is 0. The molecule has 5 nitrogen and oxygen atoms in total. The van der Waals surface area contributed by atoms with E-state index < -0.39 is 0 Å². The Bertz CT molecular complexity index is 331. The molecule has 1 heterocycles. The molecule has 1 unspecified atom stereocenters. The molecule has 7 heteroatoms. The van der Waals surface area contributed by atoms with E-state index in [4.69, 9.17) is 9.73 Å². The third-order valence-electron chi connectivity index (χ3n) is 3.89. The zero-order valence-corrected chi connectivity index (χ0v) is 18.5. The number of guanidine groups is 1. The fraction of sp³-hybridized carbons (Fsp3) is 0.938. The number of ether oxygens (including phenoxy) is 1. The highest BCUT2D eigenvalue weighted by Crippen LogP contribution is 2.24. The monoisotopic (exact) mass is 458 g/mol. The number of rotatable bonds is 8. The van der Waals surface area contributed by atoms with Crippen molar-refractivity contribution in [3.63, 3.8) is 0 Å². The summed E-state index contributed by atoms with van der Waals surface area (Å²) in [5.74, 6) is 2.99. The van der Waals surface area contributed by atoms with Crippen LogP contribution >= 0.6 is 35.7 Å². The molecule has 0 aromatic carbocycles. The van der Waals surface area contributed by atoms with Gasteiger partial charge in [0.2, 0.25) is 0 Å². The molecule has 1 N–H and O–H groups in total. The van der Waals surface area contributed by atoms with Gasteiger partial charge in [-0.15, -0.1) is 24.0 Å². The molecular formula is C16H35IN4OS. The fourth-order valence-corrected chi connectivity index (χ4v) is 3.68. The van der Waals surface area contributed by atoms with E-state index in [-0.39, 0.29) is 24.0 Å². The second-order valence-electron chi connectivity index (χ2n) is 6.13. The average molecular weight is 458 g/mol. The molecule has 1 aliphatic rings. The molecule has 0 bridgehead atoms. The molecule has 0 spiro atoms. The van der Waals surface area contributed by atoms with Crippen LogP contribution in [0.15, 0.2) is 4.99 Å². The molecule has 0 saturated carbocycles. The largest absolute Gasteiger partial charge is 0.383 e. The molecular weight excluding hydrogens is 423 g/mol. The Morgan fingerprint density at radius 1 is 1.43 bits per heavy atom.